The second kappa shape index (κ2) is 5.93. The van der Waals surface area contributed by atoms with Gasteiger partial charge in [0.1, 0.15) is 11.3 Å². The lowest BCUT2D eigenvalue weighted by Crippen LogP contribution is -2.31. The first-order valence-electron chi connectivity index (χ1n) is 8.72. The summed E-state index contributed by atoms with van der Waals surface area (Å²) in [6, 6.07) is 6.61. The topological polar surface area (TPSA) is 72.0 Å². The number of rotatable bonds is 4. The number of aliphatic hydroxyl groups is 1. The van der Waals surface area contributed by atoms with E-state index in [2.05, 4.69) is 52.2 Å². The Balaban J connectivity index is 1.49. The summed E-state index contributed by atoms with van der Waals surface area (Å²) in [5.41, 5.74) is 3.11. The van der Waals surface area contributed by atoms with Crippen LogP contribution >= 0.6 is 0 Å². The number of hydrogen-bond acceptors (Lipinski definition) is 5. The summed E-state index contributed by atoms with van der Waals surface area (Å²) in [4.78, 5) is 6.69. The highest BCUT2D eigenvalue weighted by molar-refractivity contribution is 5.75. The summed E-state index contributed by atoms with van der Waals surface area (Å²) in [5.74, 6) is 0. The van der Waals surface area contributed by atoms with E-state index in [1.807, 2.05) is 24.1 Å². The average molecular weight is 340 g/mol. The van der Waals surface area contributed by atoms with E-state index in [4.69, 9.17) is 0 Å². The first-order chi connectivity index (χ1) is 11.9. The van der Waals surface area contributed by atoms with Crippen LogP contribution in [0.25, 0.3) is 11.0 Å². The SMILES string of the molecule is CC(C)n1cc(C2(O)CCN(Cc3ccc4c(c3)ncn4C)C2)nn1. The molecule has 25 heavy (non-hydrogen) atoms. The number of aryl methyl sites for hydroxylation is 1. The third-order valence-corrected chi connectivity index (χ3v) is 5.04. The molecule has 1 aliphatic heterocycles. The van der Waals surface area contributed by atoms with E-state index >= 15 is 0 Å². The number of benzene rings is 1. The van der Waals surface area contributed by atoms with Crippen molar-refractivity contribution in [2.24, 2.45) is 7.05 Å². The molecule has 0 aliphatic carbocycles. The molecule has 0 bridgehead atoms. The third kappa shape index (κ3) is 2.94. The second-order valence-corrected chi connectivity index (χ2v) is 7.35. The summed E-state index contributed by atoms with van der Waals surface area (Å²) in [5, 5.41) is 19.3. The number of nitrogens with zero attached hydrogens (tertiary/aromatic N) is 6. The van der Waals surface area contributed by atoms with Crippen molar-refractivity contribution in [2.75, 3.05) is 13.1 Å². The van der Waals surface area contributed by atoms with Crippen molar-refractivity contribution in [1.82, 2.24) is 29.4 Å². The summed E-state index contributed by atoms with van der Waals surface area (Å²) in [7, 11) is 2.00. The fourth-order valence-corrected chi connectivity index (χ4v) is 3.50. The molecule has 2 aromatic heterocycles. The molecule has 1 aliphatic rings. The molecule has 1 fully saturated rings. The molecule has 4 rings (SSSR count). The zero-order chi connectivity index (χ0) is 17.6. The zero-order valence-corrected chi connectivity index (χ0v) is 14.9. The molecule has 1 atom stereocenters. The molecule has 132 valence electrons. The van der Waals surface area contributed by atoms with Gasteiger partial charge < -0.3 is 9.67 Å². The quantitative estimate of drug-likeness (QED) is 0.785. The van der Waals surface area contributed by atoms with Gasteiger partial charge in [0.15, 0.2) is 0 Å². The van der Waals surface area contributed by atoms with Gasteiger partial charge in [0.05, 0.1) is 23.6 Å². The molecule has 0 radical (unpaired) electrons. The van der Waals surface area contributed by atoms with Gasteiger partial charge in [0.25, 0.3) is 0 Å². The molecule has 3 aromatic rings. The van der Waals surface area contributed by atoms with Crippen LogP contribution < -0.4 is 0 Å². The molecule has 1 saturated heterocycles. The monoisotopic (exact) mass is 340 g/mol. The fraction of sp³-hybridized carbons (Fsp3) is 0.500. The maximum Gasteiger partial charge on any atom is 0.124 e. The predicted octanol–water partition coefficient (Wildman–Crippen LogP) is 1.84. The molecule has 0 spiro atoms. The van der Waals surface area contributed by atoms with Gasteiger partial charge >= 0.3 is 0 Å². The molecular weight excluding hydrogens is 316 g/mol. The number of hydrogen-bond donors (Lipinski definition) is 1. The maximum absolute atomic E-state index is 11.0. The van der Waals surface area contributed by atoms with Crippen LogP contribution in [-0.2, 0) is 19.2 Å². The highest BCUT2D eigenvalue weighted by atomic mass is 16.3. The standard InChI is InChI=1S/C18H24N6O/c1-13(2)24-10-17(20-21-24)18(25)6-7-23(11-18)9-14-4-5-16-15(8-14)19-12-22(16)3/h4-5,8,10,12-13,25H,6-7,9,11H2,1-3H3. The predicted molar refractivity (Wildman–Crippen MR) is 94.9 cm³/mol. The van der Waals surface area contributed by atoms with E-state index in [0.29, 0.717) is 18.7 Å². The van der Waals surface area contributed by atoms with Crippen molar-refractivity contribution in [1.29, 1.82) is 0 Å². The van der Waals surface area contributed by atoms with E-state index in [9.17, 15) is 5.11 Å². The maximum atomic E-state index is 11.0. The van der Waals surface area contributed by atoms with Gasteiger partial charge in [-0.1, -0.05) is 11.3 Å². The van der Waals surface area contributed by atoms with Crippen LogP contribution in [0.5, 0.6) is 0 Å². The highest BCUT2D eigenvalue weighted by Gasteiger charge is 2.40. The van der Waals surface area contributed by atoms with Crippen LogP contribution in [0.3, 0.4) is 0 Å². The van der Waals surface area contributed by atoms with Crippen molar-refractivity contribution in [3.05, 3.63) is 42.0 Å². The molecule has 0 saturated carbocycles. The van der Waals surface area contributed by atoms with Gasteiger partial charge in [0, 0.05) is 32.7 Å². The summed E-state index contributed by atoms with van der Waals surface area (Å²) < 4.78 is 3.82. The van der Waals surface area contributed by atoms with Crippen molar-refractivity contribution in [3.8, 4) is 0 Å². The first-order valence-corrected chi connectivity index (χ1v) is 8.72. The van der Waals surface area contributed by atoms with Crippen molar-refractivity contribution in [2.45, 2.75) is 38.5 Å². The number of imidazole rings is 1. The minimum absolute atomic E-state index is 0.243. The molecule has 1 unspecified atom stereocenters. The van der Waals surface area contributed by atoms with Crippen molar-refractivity contribution >= 4 is 11.0 Å². The Hall–Kier alpha value is -2.25. The lowest BCUT2D eigenvalue weighted by atomic mass is 10.00. The molecule has 3 heterocycles. The normalized spacial score (nSPS) is 21.6. The van der Waals surface area contributed by atoms with Crippen LogP contribution in [-0.4, -0.2) is 47.6 Å². The number of likely N-dealkylation sites (tertiary alicyclic amines) is 1. The minimum Gasteiger partial charge on any atom is -0.382 e. The van der Waals surface area contributed by atoms with E-state index in [0.717, 1.165) is 24.1 Å². The van der Waals surface area contributed by atoms with Gasteiger partial charge in [-0.25, -0.2) is 9.67 Å². The van der Waals surface area contributed by atoms with E-state index in [1.54, 1.807) is 4.68 Å². The molecule has 0 amide bonds. The Kier molecular flexibility index (Phi) is 3.85. The number of fused-ring (bicyclic) bond motifs is 1. The van der Waals surface area contributed by atoms with Gasteiger partial charge in [-0.15, -0.1) is 5.10 Å². The van der Waals surface area contributed by atoms with E-state index < -0.39 is 5.60 Å². The van der Waals surface area contributed by atoms with Crippen LogP contribution in [0.4, 0.5) is 0 Å². The van der Waals surface area contributed by atoms with Gasteiger partial charge in [0.2, 0.25) is 0 Å². The number of β-amino-alcohol motifs (C(OH)–C–C–N with tert-alkyl or cyclic N) is 1. The molecule has 7 heteroatoms. The summed E-state index contributed by atoms with van der Waals surface area (Å²) >= 11 is 0. The largest absolute Gasteiger partial charge is 0.382 e. The van der Waals surface area contributed by atoms with Gasteiger partial charge in [-0.05, 0) is 38.0 Å². The average Bonchev–Trinajstić information content (AvgIpc) is 3.28. The summed E-state index contributed by atoms with van der Waals surface area (Å²) in [6.07, 6.45) is 4.38. The Morgan fingerprint density at radius 3 is 2.92 bits per heavy atom. The molecule has 7 nitrogen and oxygen atoms in total. The smallest absolute Gasteiger partial charge is 0.124 e. The highest BCUT2D eigenvalue weighted by Crippen LogP contribution is 2.31. The van der Waals surface area contributed by atoms with Crippen LogP contribution in [0, 0.1) is 0 Å². The first kappa shape index (κ1) is 16.2. The Morgan fingerprint density at radius 2 is 2.16 bits per heavy atom. The molecule has 1 N–H and O–H groups in total. The third-order valence-electron chi connectivity index (χ3n) is 5.04. The zero-order valence-electron chi connectivity index (χ0n) is 14.9. The van der Waals surface area contributed by atoms with Crippen LogP contribution in [0.1, 0.15) is 37.6 Å². The van der Waals surface area contributed by atoms with Crippen molar-refractivity contribution in [3.63, 3.8) is 0 Å². The molecule has 1 aromatic carbocycles. The van der Waals surface area contributed by atoms with Gasteiger partial charge in [-0.2, -0.15) is 0 Å². The summed E-state index contributed by atoms with van der Waals surface area (Å²) in [6.45, 7) is 6.32. The van der Waals surface area contributed by atoms with Crippen LogP contribution in [0.2, 0.25) is 0 Å². The molecular formula is C18H24N6O. The van der Waals surface area contributed by atoms with Gasteiger partial charge in [-0.3, -0.25) is 4.90 Å². The lowest BCUT2D eigenvalue weighted by molar-refractivity contribution is 0.0408. The van der Waals surface area contributed by atoms with Crippen molar-refractivity contribution < 1.29 is 5.11 Å². The minimum atomic E-state index is -0.914. The number of aromatic nitrogens is 5. The second-order valence-electron chi connectivity index (χ2n) is 7.35. The van der Waals surface area contributed by atoms with Crippen LogP contribution in [0.15, 0.2) is 30.7 Å². The Labute approximate surface area is 146 Å². The van der Waals surface area contributed by atoms with E-state index in [-0.39, 0.29) is 6.04 Å². The Bertz CT molecular complexity index is 898. The fourth-order valence-electron chi connectivity index (χ4n) is 3.50. The lowest BCUT2D eigenvalue weighted by Gasteiger charge is -2.21. The Morgan fingerprint density at radius 1 is 1.32 bits per heavy atom. The van der Waals surface area contributed by atoms with E-state index in [1.165, 1.54) is 5.56 Å².